The first kappa shape index (κ1) is 18.5. The molecule has 2 N–H and O–H groups in total. The van der Waals surface area contributed by atoms with E-state index in [0.29, 0.717) is 38.5 Å². The summed E-state index contributed by atoms with van der Waals surface area (Å²) < 4.78 is 26.6. The topological polar surface area (TPSA) is 67.4 Å². The summed E-state index contributed by atoms with van der Waals surface area (Å²) in [6, 6.07) is 9.24. The van der Waals surface area contributed by atoms with Crippen molar-refractivity contribution in [2.24, 2.45) is 5.73 Å². The van der Waals surface area contributed by atoms with Crippen LogP contribution in [0, 0.1) is 0 Å². The zero-order valence-corrected chi connectivity index (χ0v) is 14.5. The molecule has 0 bridgehead atoms. The van der Waals surface area contributed by atoms with Crippen molar-refractivity contribution in [2.45, 2.75) is 25.6 Å². The number of imidazole rings is 1. The third-order valence-corrected chi connectivity index (χ3v) is 4.67. The summed E-state index contributed by atoms with van der Waals surface area (Å²) in [5, 5.41) is 0. The average Bonchev–Trinajstić information content (AvgIpc) is 3.11. The number of benzene rings is 1. The maximum absolute atomic E-state index is 12.9. The lowest BCUT2D eigenvalue weighted by molar-refractivity contribution is -0.133. The van der Waals surface area contributed by atoms with Gasteiger partial charge in [0.1, 0.15) is 5.82 Å². The highest BCUT2D eigenvalue weighted by Gasteiger charge is 2.24. The zero-order chi connectivity index (χ0) is 18.5. The normalized spacial score (nSPS) is 16.8. The van der Waals surface area contributed by atoms with Crippen molar-refractivity contribution in [1.29, 1.82) is 0 Å². The molecule has 1 amide bonds. The standard InChI is InChI=1S/C18H23F2N5O/c19-18(20)25-7-6-22-16(25)13-23-8-10-24(11-9-23)17(26)12-15(21)14-4-2-1-3-5-14/h1-7,15,18H,8-13,21H2. The highest BCUT2D eigenvalue weighted by molar-refractivity contribution is 5.77. The van der Waals surface area contributed by atoms with Crippen molar-refractivity contribution in [1.82, 2.24) is 19.4 Å². The molecule has 1 aromatic heterocycles. The van der Waals surface area contributed by atoms with Crippen LogP contribution in [0.5, 0.6) is 0 Å². The fourth-order valence-electron chi connectivity index (χ4n) is 3.13. The number of hydrogen-bond donors (Lipinski definition) is 1. The van der Waals surface area contributed by atoms with Crippen molar-refractivity contribution in [3.8, 4) is 0 Å². The smallest absolute Gasteiger partial charge is 0.319 e. The molecule has 26 heavy (non-hydrogen) atoms. The van der Waals surface area contributed by atoms with Gasteiger partial charge in [0.15, 0.2) is 0 Å². The monoisotopic (exact) mass is 363 g/mol. The van der Waals surface area contributed by atoms with Gasteiger partial charge in [0.2, 0.25) is 5.91 Å². The van der Waals surface area contributed by atoms with Crippen LogP contribution in [0.2, 0.25) is 0 Å². The molecule has 0 radical (unpaired) electrons. The van der Waals surface area contributed by atoms with E-state index in [-0.39, 0.29) is 18.4 Å². The van der Waals surface area contributed by atoms with Gasteiger partial charge in [-0.1, -0.05) is 30.3 Å². The Morgan fingerprint density at radius 2 is 1.85 bits per heavy atom. The van der Waals surface area contributed by atoms with Gasteiger partial charge in [0, 0.05) is 51.0 Å². The number of piperazine rings is 1. The van der Waals surface area contributed by atoms with Crippen LogP contribution >= 0.6 is 0 Å². The van der Waals surface area contributed by atoms with Gasteiger partial charge in [0.05, 0.1) is 6.54 Å². The highest BCUT2D eigenvalue weighted by Crippen LogP contribution is 2.17. The second-order valence-corrected chi connectivity index (χ2v) is 6.41. The van der Waals surface area contributed by atoms with E-state index in [1.165, 1.54) is 12.4 Å². The Labute approximate surface area is 151 Å². The lowest BCUT2D eigenvalue weighted by Crippen LogP contribution is -2.49. The number of halogens is 2. The van der Waals surface area contributed by atoms with E-state index in [4.69, 9.17) is 5.73 Å². The molecule has 1 aliphatic heterocycles. The van der Waals surface area contributed by atoms with Gasteiger partial charge < -0.3 is 10.6 Å². The Kier molecular flexibility index (Phi) is 5.95. The number of hydrogen-bond acceptors (Lipinski definition) is 4. The molecule has 2 heterocycles. The number of carbonyl (C=O) groups excluding carboxylic acids is 1. The van der Waals surface area contributed by atoms with Crippen LogP contribution in [0.25, 0.3) is 0 Å². The summed E-state index contributed by atoms with van der Waals surface area (Å²) in [5.74, 6) is 0.362. The Morgan fingerprint density at radius 3 is 2.50 bits per heavy atom. The van der Waals surface area contributed by atoms with E-state index in [9.17, 15) is 13.6 Å². The molecular weight excluding hydrogens is 340 g/mol. The predicted molar refractivity (Wildman–Crippen MR) is 93.3 cm³/mol. The molecule has 3 rings (SSSR count). The van der Waals surface area contributed by atoms with Crippen LogP contribution in [-0.2, 0) is 11.3 Å². The molecule has 1 saturated heterocycles. The highest BCUT2D eigenvalue weighted by atomic mass is 19.3. The fraction of sp³-hybridized carbons (Fsp3) is 0.444. The van der Waals surface area contributed by atoms with E-state index in [0.717, 1.165) is 10.1 Å². The molecular formula is C18H23F2N5O. The van der Waals surface area contributed by atoms with Crippen LogP contribution in [0.15, 0.2) is 42.7 Å². The van der Waals surface area contributed by atoms with Gasteiger partial charge >= 0.3 is 6.55 Å². The van der Waals surface area contributed by atoms with Gasteiger partial charge in [0.25, 0.3) is 0 Å². The maximum atomic E-state index is 12.9. The Hall–Kier alpha value is -2.32. The summed E-state index contributed by atoms with van der Waals surface area (Å²) in [6.07, 6.45) is 2.93. The van der Waals surface area contributed by atoms with Crippen LogP contribution in [0.3, 0.4) is 0 Å². The van der Waals surface area contributed by atoms with Gasteiger partial charge in [-0.05, 0) is 5.56 Å². The van der Waals surface area contributed by atoms with Gasteiger partial charge in [-0.15, -0.1) is 0 Å². The van der Waals surface area contributed by atoms with E-state index in [1.54, 1.807) is 4.90 Å². The number of nitrogens with two attached hydrogens (primary N) is 1. The predicted octanol–water partition coefficient (Wildman–Crippen LogP) is 2.01. The van der Waals surface area contributed by atoms with Crippen LogP contribution < -0.4 is 5.73 Å². The lowest BCUT2D eigenvalue weighted by atomic mass is 10.0. The molecule has 8 heteroatoms. The molecule has 1 fully saturated rings. The minimum atomic E-state index is -2.59. The van der Waals surface area contributed by atoms with Crippen LogP contribution in [0.4, 0.5) is 8.78 Å². The lowest BCUT2D eigenvalue weighted by Gasteiger charge is -2.35. The minimum Gasteiger partial charge on any atom is -0.340 e. The molecule has 1 aromatic carbocycles. The third-order valence-electron chi connectivity index (χ3n) is 4.67. The molecule has 1 aliphatic rings. The van der Waals surface area contributed by atoms with Crippen molar-refractivity contribution >= 4 is 5.91 Å². The number of alkyl halides is 2. The van der Waals surface area contributed by atoms with Crippen molar-refractivity contribution in [2.75, 3.05) is 26.2 Å². The van der Waals surface area contributed by atoms with Gasteiger partial charge in [-0.25, -0.2) is 4.98 Å². The second kappa shape index (κ2) is 8.37. The summed E-state index contributed by atoms with van der Waals surface area (Å²) in [6.45, 7) is 0.147. The minimum absolute atomic E-state index is 0.0232. The Balaban J connectivity index is 1.48. The number of aromatic nitrogens is 2. The van der Waals surface area contributed by atoms with Crippen molar-refractivity contribution < 1.29 is 13.6 Å². The van der Waals surface area contributed by atoms with E-state index in [2.05, 4.69) is 4.98 Å². The summed E-state index contributed by atoms with van der Waals surface area (Å²) in [5.41, 5.74) is 7.07. The molecule has 0 saturated carbocycles. The molecule has 0 spiro atoms. The first-order chi connectivity index (χ1) is 12.5. The SMILES string of the molecule is NC(CC(=O)N1CCN(Cc2nccn2C(F)F)CC1)c1ccccc1. The number of carbonyl (C=O) groups is 1. The molecule has 140 valence electrons. The summed E-state index contributed by atoms with van der Waals surface area (Å²) in [7, 11) is 0. The second-order valence-electron chi connectivity index (χ2n) is 6.41. The van der Waals surface area contributed by atoms with Crippen molar-refractivity contribution in [3.63, 3.8) is 0 Å². The third kappa shape index (κ3) is 4.44. The van der Waals surface area contributed by atoms with Crippen LogP contribution in [0.1, 0.15) is 30.4 Å². The molecule has 0 aliphatic carbocycles. The Bertz CT molecular complexity index is 713. The van der Waals surface area contributed by atoms with E-state index in [1.807, 2.05) is 35.2 Å². The molecule has 2 aromatic rings. The zero-order valence-electron chi connectivity index (χ0n) is 14.5. The molecule has 1 unspecified atom stereocenters. The largest absolute Gasteiger partial charge is 0.340 e. The fourth-order valence-corrected chi connectivity index (χ4v) is 3.13. The number of amides is 1. The van der Waals surface area contributed by atoms with Gasteiger partial charge in [-0.3, -0.25) is 14.3 Å². The van der Waals surface area contributed by atoms with Gasteiger partial charge in [-0.2, -0.15) is 8.78 Å². The summed E-state index contributed by atoms with van der Waals surface area (Å²) >= 11 is 0. The number of rotatable bonds is 6. The first-order valence-corrected chi connectivity index (χ1v) is 8.65. The van der Waals surface area contributed by atoms with E-state index < -0.39 is 6.55 Å². The van der Waals surface area contributed by atoms with Crippen molar-refractivity contribution in [3.05, 3.63) is 54.1 Å². The first-order valence-electron chi connectivity index (χ1n) is 8.65. The maximum Gasteiger partial charge on any atom is 0.319 e. The molecule has 1 atom stereocenters. The summed E-state index contributed by atoms with van der Waals surface area (Å²) in [4.78, 5) is 20.3. The van der Waals surface area contributed by atoms with Crippen LogP contribution in [-0.4, -0.2) is 51.4 Å². The van der Waals surface area contributed by atoms with E-state index >= 15 is 0 Å². The quantitative estimate of drug-likeness (QED) is 0.853. The number of nitrogens with zero attached hydrogens (tertiary/aromatic N) is 4. The molecule has 6 nitrogen and oxygen atoms in total. The average molecular weight is 363 g/mol. The Morgan fingerprint density at radius 1 is 1.15 bits per heavy atom.